The molecule has 29 heavy (non-hydrogen) atoms. The number of allylic oxidation sites excluding steroid dienone is 3. The van der Waals surface area contributed by atoms with Crippen molar-refractivity contribution in [2.24, 2.45) is 5.16 Å². The zero-order chi connectivity index (χ0) is 20.3. The zero-order valence-electron chi connectivity index (χ0n) is 15.8. The molecule has 7 nitrogen and oxygen atoms in total. The van der Waals surface area contributed by atoms with Crippen molar-refractivity contribution in [2.75, 3.05) is 6.26 Å². The Bertz CT molecular complexity index is 1070. The first kappa shape index (κ1) is 19.2. The van der Waals surface area contributed by atoms with E-state index >= 15 is 0 Å². The number of sulfone groups is 1. The molecule has 0 bridgehead atoms. The Labute approximate surface area is 169 Å². The Morgan fingerprint density at radius 1 is 1.03 bits per heavy atom. The lowest BCUT2D eigenvalue weighted by Gasteiger charge is -2.12. The normalized spacial score (nSPS) is 18.6. The van der Waals surface area contributed by atoms with Gasteiger partial charge in [-0.25, -0.2) is 13.4 Å². The van der Waals surface area contributed by atoms with Crippen LogP contribution in [-0.4, -0.2) is 25.6 Å². The standard InChI is InChI=1S/C21H20N2O5S/c1-29(24,25)21-12-11-18(14-22-21)27-20-13-19(28-23-20)15-7-9-17(10-8-15)26-16-5-3-2-4-6-16/h3,5-12,14,19H,2,4,13H2,1H3/t19-/m0/s1. The highest BCUT2D eigenvalue weighted by Gasteiger charge is 2.25. The lowest BCUT2D eigenvalue weighted by Crippen LogP contribution is -2.08. The Balaban J connectivity index is 1.34. The summed E-state index contributed by atoms with van der Waals surface area (Å²) >= 11 is 0. The van der Waals surface area contributed by atoms with E-state index in [1.54, 1.807) is 6.07 Å². The van der Waals surface area contributed by atoms with Crippen LogP contribution in [0.15, 0.2) is 76.8 Å². The van der Waals surface area contributed by atoms with Gasteiger partial charge < -0.3 is 14.3 Å². The van der Waals surface area contributed by atoms with Crippen molar-refractivity contribution in [1.29, 1.82) is 0 Å². The van der Waals surface area contributed by atoms with Gasteiger partial charge in [-0.3, -0.25) is 0 Å². The smallest absolute Gasteiger partial charge is 0.235 e. The molecule has 150 valence electrons. The van der Waals surface area contributed by atoms with E-state index in [9.17, 15) is 8.42 Å². The first-order valence-corrected chi connectivity index (χ1v) is 11.1. The van der Waals surface area contributed by atoms with Crippen molar-refractivity contribution in [3.8, 4) is 11.5 Å². The second-order valence-electron chi connectivity index (χ2n) is 6.75. The molecule has 0 fully saturated rings. The Morgan fingerprint density at radius 3 is 2.48 bits per heavy atom. The van der Waals surface area contributed by atoms with Crippen molar-refractivity contribution < 1.29 is 22.7 Å². The molecular formula is C21H20N2O5S. The summed E-state index contributed by atoms with van der Waals surface area (Å²) in [4.78, 5) is 9.37. The molecule has 2 aromatic rings. The van der Waals surface area contributed by atoms with Gasteiger partial charge in [0.25, 0.3) is 0 Å². The highest BCUT2D eigenvalue weighted by molar-refractivity contribution is 7.90. The number of oxime groups is 1. The number of pyridine rings is 1. The van der Waals surface area contributed by atoms with Gasteiger partial charge in [0.15, 0.2) is 21.0 Å². The van der Waals surface area contributed by atoms with E-state index in [4.69, 9.17) is 14.3 Å². The summed E-state index contributed by atoms with van der Waals surface area (Å²) in [6.45, 7) is 0. The van der Waals surface area contributed by atoms with E-state index < -0.39 is 9.84 Å². The number of aromatic nitrogens is 1. The molecule has 2 aliphatic rings. The molecule has 0 spiro atoms. The van der Waals surface area contributed by atoms with Crippen LogP contribution in [0, 0.1) is 0 Å². The van der Waals surface area contributed by atoms with Crippen molar-refractivity contribution in [2.45, 2.75) is 30.4 Å². The molecule has 1 atom stereocenters. The zero-order valence-corrected chi connectivity index (χ0v) is 16.6. The van der Waals surface area contributed by atoms with Crippen LogP contribution < -0.4 is 9.47 Å². The molecule has 1 aromatic carbocycles. The minimum Gasteiger partial charge on any atom is -0.458 e. The molecule has 2 heterocycles. The molecule has 0 radical (unpaired) electrons. The van der Waals surface area contributed by atoms with E-state index in [2.05, 4.69) is 22.3 Å². The fourth-order valence-electron chi connectivity index (χ4n) is 2.93. The van der Waals surface area contributed by atoms with Crippen molar-refractivity contribution in [1.82, 2.24) is 4.98 Å². The van der Waals surface area contributed by atoms with Crippen molar-refractivity contribution in [3.63, 3.8) is 0 Å². The van der Waals surface area contributed by atoms with Crippen LogP contribution in [-0.2, 0) is 14.7 Å². The summed E-state index contributed by atoms with van der Waals surface area (Å²) in [5, 5.41) is 3.97. The quantitative estimate of drug-likeness (QED) is 0.739. The van der Waals surface area contributed by atoms with Gasteiger partial charge in [-0.15, -0.1) is 0 Å². The fourth-order valence-corrected chi connectivity index (χ4v) is 3.49. The minimum atomic E-state index is -3.34. The van der Waals surface area contributed by atoms with Gasteiger partial charge in [0.05, 0.1) is 12.6 Å². The third-order valence-electron chi connectivity index (χ3n) is 4.42. The monoisotopic (exact) mass is 412 g/mol. The SMILES string of the molecule is CS(=O)(=O)c1ccc(OC2=NO[C@H](c3ccc(OC4=CCCC=C4)cc3)C2)cn1. The average Bonchev–Trinajstić information content (AvgIpc) is 3.17. The molecule has 1 aliphatic heterocycles. The Kier molecular flexibility index (Phi) is 5.35. The molecule has 0 saturated carbocycles. The summed E-state index contributed by atoms with van der Waals surface area (Å²) in [5.41, 5.74) is 0.957. The van der Waals surface area contributed by atoms with Crippen LogP contribution in [0.4, 0.5) is 0 Å². The van der Waals surface area contributed by atoms with Gasteiger partial charge in [-0.2, -0.15) is 0 Å². The maximum absolute atomic E-state index is 11.5. The van der Waals surface area contributed by atoms with Gasteiger partial charge in [0, 0.05) is 6.26 Å². The third kappa shape index (κ3) is 4.83. The second kappa shape index (κ2) is 8.08. The van der Waals surface area contributed by atoms with Crippen molar-refractivity contribution in [3.05, 3.63) is 72.1 Å². The Hall–Kier alpha value is -3.13. The van der Waals surface area contributed by atoms with Gasteiger partial charge in [0.2, 0.25) is 5.90 Å². The first-order valence-electron chi connectivity index (χ1n) is 9.18. The highest BCUT2D eigenvalue weighted by atomic mass is 32.2. The summed E-state index contributed by atoms with van der Waals surface area (Å²) in [6.07, 6.45) is 10.9. The molecule has 0 N–H and O–H groups in total. The van der Waals surface area contributed by atoms with Gasteiger partial charge in [0.1, 0.15) is 17.3 Å². The second-order valence-corrected chi connectivity index (χ2v) is 8.71. The van der Waals surface area contributed by atoms with E-state index in [1.165, 1.54) is 12.3 Å². The summed E-state index contributed by atoms with van der Waals surface area (Å²) in [7, 11) is -3.34. The molecule has 1 aliphatic carbocycles. The molecule has 1 aromatic heterocycles. The largest absolute Gasteiger partial charge is 0.458 e. The van der Waals surface area contributed by atoms with E-state index in [1.807, 2.05) is 30.3 Å². The summed E-state index contributed by atoms with van der Waals surface area (Å²) < 4.78 is 34.4. The van der Waals surface area contributed by atoms with Crippen LogP contribution in [0.5, 0.6) is 11.5 Å². The van der Waals surface area contributed by atoms with Crippen LogP contribution in [0.25, 0.3) is 0 Å². The number of nitrogens with zero attached hydrogens (tertiary/aromatic N) is 2. The van der Waals surface area contributed by atoms with Gasteiger partial charge in [-0.05, 0) is 54.8 Å². The number of ether oxygens (including phenoxy) is 2. The number of benzene rings is 1. The fraction of sp³-hybridized carbons (Fsp3) is 0.238. The molecular weight excluding hydrogens is 392 g/mol. The molecule has 8 heteroatoms. The predicted molar refractivity (Wildman–Crippen MR) is 107 cm³/mol. The number of hydrogen-bond acceptors (Lipinski definition) is 7. The highest BCUT2D eigenvalue weighted by Crippen LogP contribution is 2.30. The predicted octanol–water partition coefficient (Wildman–Crippen LogP) is 3.95. The third-order valence-corrected chi connectivity index (χ3v) is 5.42. The summed E-state index contributed by atoms with van der Waals surface area (Å²) in [6, 6.07) is 10.6. The number of rotatable bonds is 5. The van der Waals surface area contributed by atoms with Gasteiger partial charge in [-0.1, -0.05) is 23.4 Å². The molecule has 0 saturated heterocycles. The van der Waals surface area contributed by atoms with Crippen LogP contribution in [0.1, 0.15) is 30.9 Å². The van der Waals surface area contributed by atoms with E-state index in [0.29, 0.717) is 18.1 Å². The number of hydrogen-bond donors (Lipinski definition) is 0. The van der Waals surface area contributed by atoms with E-state index in [0.717, 1.165) is 36.2 Å². The first-order chi connectivity index (χ1) is 14.0. The average molecular weight is 412 g/mol. The Morgan fingerprint density at radius 2 is 1.83 bits per heavy atom. The van der Waals surface area contributed by atoms with Crippen LogP contribution in [0.3, 0.4) is 0 Å². The van der Waals surface area contributed by atoms with Crippen LogP contribution >= 0.6 is 0 Å². The maximum atomic E-state index is 11.5. The maximum Gasteiger partial charge on any atom is 0.235 e. The van der Waals surface area contributed by atoms with E-state index in [-0.39, 0.29) is 11.1 Å². The van der Waals surface area contributed by atoms with Gasteiger partial charge >= 0.3 is 0 Å². The topological polar surface area (TPSA) is 87.1 Å². The lowest BCUT2D eigenvalue weighted by atomic mass is 10.1. The lowest BCUT2D eigenvalue weighted by molar-refractivity contribution is 0.0855. The molecule has 0 unspecified atom stereocenters. The summed E-state index contributed by atoms with van der Waals surface area (Å²) in [5.74, 6) is 2.43. The molecule has 0 amide bonds. The minimum absolute atomic E-state index is 0.00544. The van der Waals surface area contributed by atoms with Crippen molar-refractivity contribution >= 4 is 15.7 Å². The van der Waals surface area contributed by atoms with Crippen LogP contribution in [0.2, 0.25) is 0 Å². The molecule has 4 rings (SSSR count).